The number of hydrogen-bond donors (Lipinski definition) is 1. The van der Waals surface area contributed by atoms with Crippen molar-refractivity contribution in [3.8, 4) is 11.5 Å². The predicted octanol–water partition coefficient (Wildman–Crippen LogP) is 4.98. The van der Waals surface area contributed by atoms with Crippen LogP contribution in [0.25, 0.3) is 10.9 Å². The highest BCUT2D eigenvalue weighted by atomic mass is 16.7. The number of nitrogens with one attached hydrogen (secondary N) is 1. The van der Waals surface area contributed by atoms with Crippen molar-refractivity contribution < 1.29 is 23.8 Å². The molecular weight excluding hydrogens is 456 g/mol. The lowest BCUT2D eigenvalue weighted by molar-refractivity contribution is -0.129. The van der Waals surface area contributed by atoms with Crippen molar-refractivity contribution in [3.63, 3.8) is 0 Å². The summed E-state index contributed by atoms with van der Waals surface area (Å²) in [6, 6.07) is 13.2. The van der Waals surface area contributed by atoms with E-state index in [0.29, 0.717) is 23.0 Å². The molecule has 0 fully saturated rings. The third kappa shape index (κ3) is 4.74. The number of ether oxygens (including phenoxy) is 3. The predicted molar refractivity (Wildman–Crippen MR) is 136 cm³/mol. The van der Waals surface area contributed by atoms with E-state index in [1.54, 1.807) is 6.92 Å². The van der Waals surface area contributed by atoms with E-state index < -0.39 is 12.1 Å². The van der Waals surface area contributed by atoms with Crippen molar-refractivity contribution in [3.05, 3.63) is 64.8 Å². The van der Waals surface area contributed by atoms with Gasteiger partial charge in [-0.25, -0.2) is 4.79 Å². The number of esters is 1. The summed E-state index contributed by atoms with van der Waals surface area (Å²) < 4.78 is 16.5. The van der Waals surface area contributed by atoms with Gasteiger partial charge in [-0.3, -0.25) is 9.78 Å². The fraction of sp³-hybridized carbons (Fsp3) is 0.414. The van der Waals surface area contributed by atoms with E-state index in [0.717, 1.165) is 47.0 Å². The highest BCUT2D eigenvalue weighted by Gasteiger charge is 2.33. The molecule has 0 spiro atoms. The second-order valence-corrected chi connectivity index (χ2v) is 10.7. The number of aryl methyl sites for hydroxylation is 1. The second-order valence-electron chi connectivity index (χ2n) is 10.7. The zero-order valence-electron chi connectivity index (χ0n) is 21.2. The number of amides is 1. The summed E-state index contributed by atoms with van der Waals surface area (Å²) in [4.78, 5) is 31.2. The Morgan fingerprint density at radius 3 is 2.72 bits per heavy atom. The van der Waals surface area contributed by atoms with Gasteiger partial charge in [0, 0.05) is 17.6 Å². The first kappa shape index (κ1) is 24.1. The molecule has 7 nitrogen and oxygen atoms in total. The standard InChI is InChI=1S/C29H32N2O5/c1-17(27(32)30-15-18-9-12-24-25(13-18)35-16-34-24)36-28(33)26-20-7-5-6-8-22(20)31-23-11-10-19(14-21(23)26)29(2,3)4/h5-9,12-13,17,19H,10-11,14-16H2,1-4H3,(H,30,32). The second kappa shape index (κ2) is 9.45. The van der Waals surface area contributed by atoms with Gasteiger partial charge in [-0.2, -0.15) is 0 Å². The van der Waals surface area contributed by atoms with E-state index in [9.17, 15) is 9.59 Å². The Bertz CT molecular complexity index is 1330. The van der Waals surface area contributed by atoms with Crippen LogP contribution in [0.4, 0.5) is 0 Å². The van der Waals surface area contributed by atoms with Crippen molar-refractivity contribution in [1.29, 1.82) is 0 Å². The molecule has 5 rings (SSSR count). The largest absolute Gasteiger partial charge is 0.454 e. The molecule has 0 bridgehead atoms. The lowest BCUT2D eigenvalue weighted by Gasteiger charge is -2.35. The van der Waals surface area contributed by atoms with Crippen molar-refractivity contribution in [1.82, 2.24) is 10.3 Å². The number of carbonyl (C=O) groups is 2. The number of carbonyl (C=O) groups excluding carboxylic acids is 2. The summed E-state index contributed by atoms with van der Waals surface area (Å²) in [5.41, 5.74) is 4.22. The Labute approximate surface area is 211 Å². The maximum atomic E-state index is 13.5. The van der Waals surface area contributed by atoms with Gasteiger partial charge in [-0.05, 0) is 66.8 Å². The third-order valence-electron chi connectivity index (χ3n) is 7.24. The van der Waals surface area contributed by atoms with E-state index in [-0.39, 0.29) is 24.7 Å². The highest BCUT2D eigenvalue weighted by molar-refractivity contribution is 6.05. The van der Waals surface area contributed by atoms with Gasteiger partial charge in [0.05, 0.1) is 11.1 Å². The molecule has 188 valence electrons. The van der Waals surface area contributed by atoms with Crippen LogP contribution in [0, 0.1) is 11.3 Å². The number of nitrogens with zero attached hydrogens (tertiary/aromatic N) is 1. The molecule has 36 heavy (non-hydrogen) atoms. The molecule has 0 saturated carbocycles. The first-order valence-electron chi connectivity index (χ1n) is 12.5. The Morgan fingerprint density at radius 2 is 1.92 bits per heavy atom. The van der Waals surface area contributed by atoms with Crippen LogP contribution in [0.3, 0.4) is 0 Å². The van der Waals surface area contributed by atoms with Gasteiger partial charge in [-0.15, -0.1) is 0 Å². The monoisotopic (exact) mass is 488 g/mol. The molecule has 2 heterocycles. The Hall–Kier alpha value is -3.61. The Kier molecular flexibility index (Phi) is 6.33. The van der Waals surface area contributed by atoms with Gasteiger partial charge in [0.15, 0.2) is 17.6 Å². The van der Waals surface area contributed by atoms with Crippen LogP contribution in [0.15, 0.2) is 42.5 Å². The number of para-hydroxylation sites is 1. The first-order valence-corrected chi connectivity index (χ1v) is 12.5. The van der Waals surface area contributed by atoms with E-state index in [1.165, 1.54) is 0 Å². The fourth-order valence-electron chi connectivity index (χ4n) is 5.02. The van der Waals surface area contributed by atoms with E-state index in [4.69, 9.17) is 19.2 Å². The quantitative estimate of drug-likeness (QED) is 0.510. The third-order valence-corrected chi connectivity index (χ3v) is 7.24. The van der Waals surface area contributed by atoms with Gasteiger partial charge in [0.25, 0.3) is 5.91 Å². The lowest BCUT2D eigenvalue weighted by atomic mass is 9.70. The number of fused-ring (bicyclic) bond motifs is 3. The summed E-state index contributed by atoms with van der Waals surface area (Å²) in [7, 11) is 0. The minimum absolute atomic E-state index is 0.117. The number of aromatic nitrogens is 1. The molecular formula is C29H32N2O5. The molecule has 1 N–H and O–H groups in total. The van der Waals surface area contributed by atoms with Crippen molar-refractivity contribution in [2.24, 2.45) is 11.3 Å². The highest BCUT2D eigenvalue weighted by Crippen LogP contribution is 2.39. The van der Waals surface area contributed by atoms with Gasteiger partial charge in [0.2, 0.25) is 6.79 Å². The molecule has 1 aliphatic carbocycles. The van der Waals surface area contributed by atoms with Crippen LogP contribution in [-0.4, -0.2) is 29.8 Å². The maximum absolute atomic E-state index is 13.5. The Morgan fingerprint density at radius 1 is 1.14 bits per heavy atom. The molecule has 1 aromatic heterocycles. The molecule has 1 aliphatic heterocycles. The smallest absolute Gasteiger partial charge is 0.339 e. The lowest BCUT2D eigenvalue weighted by Crippen LogP contribution is -2.36. The zero-order chi connectivity index (χ0) is 25.4. The maximum Gasteiger partial charge on any atom is 0.339 e. The molecule has 2 aliphatic rings. The number of hydrogen-bond acceptors (Lipinski definition) is 6. The zero-order valence-corrected chi connectivity index (χ0v) is 21.2. The summed E-state index contributed by atoms with van der Waals surface area (Å²) in [5, 5.41) is 3.62. The molecule has 3 aromatic rings. The SMILES string of the molecule is CC(OC(=O)c1c2c(nc3ccccc13)CCC(C(C)(C)C)C2)C(=O)NCc1ccc2c(c1)OCO2. The summed E-state index contributed by atoms with van der Waals surface area (Å²) in [6.45, 7) is 8.80. The van der Waals surface area contributed by atoms with E-state index in [1.807, 2.05) is 42.5 Å². The van der Waals surface area contributed by atoms with E-state index in [2.05, 4.69) is 26.1 Å². The van der Waals surface area contributed by atoms with Crippen LogP contribution in [-0.2, 0) is 28.9 Å². The Balaban J connectivity index is 1.34. The number of benzene rings is 2. The molecule has 0 radical (unpaired) electrons. The van der Waals surface area contributed by atoms with Crippen molar-refractivity contribution in [2.45, 2.75) is 59.6 Å². The van der Waals surface area contributed by atoms with Gasteiger partial charge in [-0.1, -0.05) is 45.0 Å². The molecule has 2 aromatic carbocycles. The summed E-state index contributed by atoms with van der Waals surface area (Å²) >= 11 is 0. The van der Waals surface area contributed by atoms with Crippen molar-refractivity contribution >= 4 is 22.8 Å². The van der Waals surface area contributed by atoms with Gasteiger partial charge in [0.1, 0.15) is 0 Å². The van der Waals surface area contributed by atoms with Gasteiger partial charge >= 0.3 is 5.97 Å². The first-order chi connectivity index (χ1) is 17.2. The van der Waals surface area contributed by atoms with Crippen molar-refractivity contribution in [2.75, 3.05) is 6.79 Å². The van der Waals surface area contributed by atoms with Crippen LogP contribution in [0.5, 0.6) is 11.5 Å². The summed E-state index contributed by atoms with van der Waals surface area (Å²) in [6.07, 6.45) is 1.69. The van der Waals surface area contributed by atoms with Crippen LogP contribution in [0.2, 0.25) is 0 Å². The average Bonchev–Trinajstić information content (AvgIpc) is 3.32. The van der Waals surface area contributed by atoms with Crippen LogP contribution in [0.1, 0.15) is 61.3 Å². The fourth-order valence-corrected chi connectivity index (χ4v) is 5.02. The number of pyridine rings is 1. The molecule has 2 atom stereocenters. The topological polar surface area (TPSA) is 86.8 Å². The van der Waals surface area contributed by atoms with E-state index >= 15 is 0 Å². The normalized spacial score (nSPS) is 17.4. The number of rotatable bonds is 5. The van der Waals surface area contributed by atoms with Crippen LogP contribution >= 0.6 is 0 Å². The minimum Gasteiger partial charge on any atom is -0.454 e. The average molecular weight is 489 g/mol. The molecule has 2 unspecified atom stereocenters. The molecule has 0 saturated heterocycles. The molecule has 7 heteroatoms. The van der Waals surface area contributed by atoms with Gasteiger partial charge < -0.3 is 19.5 Å². The van der Waals surface area contributed by atoms with Crippen LogP contribution < -0.4 is 14.8 Å². The minimum atomic E-state index is -0.948. The molecule has 1 amide bonds. The summed E-state index contributed by atoms with van der Waals surface area (Å²) in [5.74, 6) is 0.936.